The Bertz CT molecular complexity index is 778. The van der Waals surface area contributed by atoms with E-state index in [1.807, 2.05) is 34.9 Å². The van der Waals surface area contributed by atoms with E-state index < -0.39 is 0 Å². The first-order valence-corrected chi connectivity index (χ1v) is 7.33. The smallest absolute Gasteiger partial charge is 0.269 e. The summed E-state index contributed by atoms with van der Waals surface area (Å²) in [6, 6.07) is 18.3. The molecule has 0 atom stereocenters. The Morgan fingerprint density at radius 2 is 1.67 bits per heavy atom. The zero-order valence-corrected chi connectivity index (χ0v) is 11.9. The minimum atomic E-state index is -0.0200. The summed E-state index contributed by atoms with van der Waals surface area (Å²) in [5.74, 6) is 0. The van der Waals surface area contributed by atoms with E-state index in [0.29, 0.717) is 0 Å². The third kappa shape index (κ3) is 3.19. The van der Waals surface area contributed by atoms with Gasteiger partial charge in [-0.25, -0.2) is 4.98 Å². The quantitative estimate of drug-likeness (QED) is 0.670. The number of rotatable bonds is 5. The molecule has 2 aromatic carbocycles. The van der Waals surface area contributed by atoms with Gasteiger partial charge in [-0.05, 0) is 37.0 Å². The van der Waals surface area contributed by atoms with Gasteiger partial charge in [0.25, 0.3) is 5.56 Å². The summed E-state index contributed by atoms with van der Waals surface area (Å²) in [7, 11) is 0. The maximum absolute atomic E-state index is 12.0. The molecule has 0 N–H and O–H groups in total. The van der Waals surface area contributed by atoms with Crippen LogP contribution in [0.4, 0.5) is 0 Å². The van der Waals surface area contributed by atoms with Gasteiger partial charge in [0.15, 0.2) is 0 Å². The van der Waals surface area contributed by atoms with E-state index >= 15 is 0 Å². The Morgan fingerprint density at radius 3 is 2.52 bits per heavy atom. The molecule has 1 heterocycles. The standard InChI is InChI=1S/C18H18N2O/c21-18-14-19-16-11-4-5-12-17(16)20(18)13-7-6-10-15-8-2-1-3-9-15/h1-5,8-9,11-12,14H,6-7,10,13H2. The number of fused-ring (bicyclic) bond motifs is 1. The number of para-hydroxylation sites is 2. The van der Waals surface area contributed by atoms with Crippen molar-refractivity contribution in [2.75, 3.05) is 0 Å². The fourth-order valence-electron chi connectivity index (χ4n) is 2.59. The van der Waals surface area contributed by atoms with E-state index in [1.54, 1.807) is 0 Å². The van der Waals surface area contributed by atoms with Gasteiger partial charge in [-0.2, -0.15) is 0 Å². The van der Waals surface area contributed by atoms with Crippen molar-refractivity contribution in [2.24, 2.45) is 0 Å². The molecule has 0 aliphatic rings. The predicted octanol–water partition coefficient (Wildman–Crippen LogP) is 3.42. The second-order valence-corrected chi connectivity index (χ2v) is 5.18. The molecule has 0 bridgehead atoms. The second-order valence-electron chi connectivity index (χ2n) is 5.18. The lowest BCUT2D eigenvalue weighted by Crippen LogP contribution is -2.20. The summed E-state index contributed by atoms with van der Waals surface area (Å²) < 4.78 is 1.83. The van der Waals surface area contributed by atoms with Crippen LogP contribution in [-0.2, 0) is 13.0 Å². The van der Waals surface area contributed by atoms with Crippen LogP contribution in [0.25, 0.3) is 11.0 Å². The Balaban J connectivity index is 1.68. The van der Waals surface area contributed by atoms with Crippen molar-refractivity contribution >= 4 is 11.0 Å². The highest BCUT2D eigenvalue weighted by Gasteiger charge is 2.03. The molecular weight excluding hydrogens is 260 g/mol. The van der Waals surface area contributed by atoms with Crippen LogP contribution in [0.2, 0.25) is 0 Å². The van der Waals surface area contributed by atoms with Crippen LogP contribution in [0.15, 0.2) is 65.6 Å². The molecule has 106 valence electrons. The van der Waals surface area contributed by atoms with Gasteiger partial charge in [0.05, 0.1) is 17.2 Å². The Labute approximate surface area is 123 Å². The zero-order chi connectivity index (χ0) is 14.5. The van der Waals surface area contributed by atoms with E-state index in [0.717, 1.165) is 36.8 Å². The largest absolute Gasteiger partial charge is 0.305 e. The van der Waals surface area contributed by atoms with Crippen molar-refractivity contribution in [3.8, 4) is 0 Å². The van der Waals surface area contributed by atoms with E-state index in [1.165, 1.54) is 11.8 Å². The second kappa shape index (κ2) is 6.35. The molecule has 0 saturated heterocycles. The molecule has 0 fully saturated rings. The van der Waals surface area contributed by atoms with Crippen molar-refractivity contribution in [1.82, 2.24) is 9.55 Å². The minimum absolute atomic E-state index is 0.0200. The van der Waals surface area contributed by atoms with Gasteiger partial charge < -0.3 is 4.57 Å². The molecule has 0 saturated carbocycles. The first-order chi connectivity index (χ1) is 10.3. The normalized spacial score (nSPS) is 10.9. The lowest BCUT2D eigenvalue weighted by atomic mass is 10.1. The minimum Gasteiger partial charge on any atom is -0.305 e. The van der Waals surface area contributed by atoms with Crippen molar-refractivity contribution in [1.29, 1.82) is 0 Å². The van der Waals surface area contributed by atoms with Crippen LogP contribution in [0.5, 0.6) is 0 Å². The van der Waals surface area contributed by atoms with E-state index in [9.17, 15) is 4.79 Å². The van der Waals surface area contributed by atoms with Gasteiger partial charge >= 0.3 is 0 Å². The first-order valence-electron chi connectivity index (χ1n) is 7.33. The number of unbranched alkanes of at least 4 members (excludes halogenated alkanes) is 1. The monoisotopic (exact) mass is 278 g/mol. The highest BCUT2D eigenvalue weighted by atomic mass is 16.1. The highest BCUT2D eigenvalue weighted by molar-refractivity contribution is 5.74. The van der Waals surface area contributed by atoms with Crippen molar-refractivity contribution in [3.05, 3.63) is 76.7 Å². The average molecular weight is 278 g/mol. The average Bonchev–Trinajstić information content (AvgIpc) is 2.54. The molecule has 0 unspecified atom stereocenters. The lowest BCUT2D eigenvalue weighted by molar-refractivity contribution is 0.607. The van der Waals surface area contributed by atoms with Crippen LogP contribution >= 0.6 is 0 Å². The van der Waals surface area contributed by atoms with Crippen LogP contribution < -0.4 is 5.56 Å². The van der Waals surface area contributed by atoms with Gasteiger partial charge in [-0.1, -0.05) is 42.5 Å². The molecule has 0 spiro atoms. The molecule has 21 heavy (non-hydrogen) atoms. The van der Waals surface area contributed by atoms with Gasteiger partial charge in [0, 0.05) is 6.54 Å². The molecule has 0 radical (unpaired) electrons. The molecule has 0 amide bonds. The highest BCUT2D eigenvalue weighted by Crippen LogP contribution is 2.10. The lowest BCUT2D eigenvalue weighted by Gasteiger charge is -2.09. The van der Waals surface area contributed by atoms with Crippen LogP contribution in [0, 0.1) is 0 Å². The van der Waals surface area contributed by atoms with Gasteiger partial charge in [0.1, 0.15) is 0 Å². The number of benzene rings is 2. The third-order valence-electron chi connectivity index (χ3n) is 3.69. The van der Waals surface area contributed by atoms with E-state index in [4.69, 9.17) is 0 Å². The van der Waals surface area contributed by atoms with Crippen molar-refractivity contribution in [2.45, 2.75) is 25.8 Å². The Kier molecular flexibility index (Phi) is 4.10. The predicted molar refractivity (Wildman–Crippen MR) is 85.4 cm³/mol. The Morgan fingerprint density at radius 1 is 0.905 bits per heavy atom. The van der Waals surface area contributed by atoms with Crippen LogP contribution in [0.3, 0.4) is 0 Å². The molecule has 3 rings (SSSR count). The zero-order valence-electron chi connectivity index (χ0n) is 11.9. The molecule has 1 aromatic heterocycles. The maximum Gasteiger partial charge on any atom is 0.269 e. The molecular formula is C18H18N2O. The SMILES string of the molecule is O=c1cnc2ccccc2n1CCCCc1ccccc1. The number of aryl methyl sites for hydroxylation is 2. The number of aromatic nitrogens is 2. The van der Waals surface area contributed by atoms with Crippen molar-refractivity contribution < 1.29 is 0 Å². The fourth-order valence-corrected chi connectivity index (χ4v) is 2.59. The van der Waals surface area contributed by atoms with E-state index in [-0.39, 0.29) is 5.56 Å². The molecule has 0 aliphatic carbocycles. The fraction of sp³-hybridized carbons (Fsp3) is 0.222. The van der Waals surface area contributed by atoms with Crippen LogP contribution in [-0.4, -0.2) is 9.55 Å². The number of nitrogens with zero attached hydrogens (tertiary/aromatic N) is 2. The molecule has 3 nitrogen and oxygen atoms in total. The third-order valence-corrected chi connectivity index (χ3v) is 3.69. The Hall–Kier alpha value is -2.42. The number of hydrogen-bond acceptors (Lipinski definition) is 2. The van der Waals surface area contributed by atoms with Gasteiger partial charge in [-0.15, -0.1) is 0 Å². The first kappa shape index (κ1) is 13.6. The molecule has 3 aromatic rings. The molecule has 0 aliphatic heterocycles. The van der Waals surface area contributed by atoms with Crippen LogP contribution in [0.1, 0.15) is 18.4 Å². The van der Waals surface area contributed by atoms with E-state index in [2.05, 4.69) is 29.2 Å². The van der Waals surface area contributed by atoms with Gasteiger partial charge in [0.2, 0.25) is 0 Å². The molecule has 3 heteroatoms. The summed E-state index contributed by atoms with van der Waals surface area (Å²) in [6.45, 7) is 0.745. The number of hydrogen-bond donors (Lipinski definition) is 0. The van der Waals surface area contributed by atoms with Crippen molar-refractivity contribution in [3.63, 3.8) is 0 Å². The topological polar surface area (TPSA) is 34.9 Å². The maximum atomic E-state index is 12.0. The summed E-state index contributed by atoms with van der Waals surface area (Å²) in [6.07, 6.45) is 4.54. The van der Waals surface area contributed by atoms with Gasteiger partial charge in [-0.3, -0.25) is 4.79 Å². The summed E-state index contributed by atoms with van der Waals surface area (Å²) in [5.41, 5.74) is 3.13. The summed E-state index contributed by atoms with van der Waals surface area (Å²) in [4.78, 5) is 16.2. The summed E-state index contributed by atoms with van der Waals surface area (Å²) >= 11 is 0. The summed E-state index contributed by atoms with van der Waals surface area (Å²) in [5, 5.41) is 0.